The minimum atomic E-state index is -3.00. The second-order valence-corrected chi connectivity index (χ2v) is 10.3. The van der Waals surface area contributed by atoms with E-state index in [1.165, 1.54) is 17.3 Å². The van der Waals surface area contributed by atoms with Crippen LogP contribution in [0.2, 0.25) is 0 Å². The van der Waals surface area contributed by atoms with Crippen molar-refractivity contribution in [3.63, 3.8) is 0 Å². The van der Waals surface area contributed by atoms with Crippen LogP contribution in [-0.4, -0.2) is 59.1 Å². The van der Waals surface area contributed by atoms with Crippen LogP contribution in [0.3, 0.4) is 0 Å². The van der Waals surface area contributed by atoms with E-state index < -0.39 is 9.84 Å². The second-order valence-electron chi connectivity index (χ2n) is 7.18. The Morgan fingerprint density at radius 2 is 2.04 bits per heavy atom. The summed E-state index contributed by atoms with van der Waals surface area (Å²) in [5, 5.41) is 0.744. The standard InChI is InChI=1S/C19H25N3O3S2/c1-14(2)15-4-6-16(7-5-15)22-10-9-20-19(22)26-12-18(23)21(3)17-8-11-27(24,25)13-17/h4-7,9-10,14,17H,8,11-13H2,1-3H3/t17-/m0/s1. The summed E-state index contributed by atoms with van der Waals surface area (Å²) < 4.78 is 25.2. The van der Waals surface area contributed by atoms with Crippen molar-refractivity contribution in [1.29, 1.82) is 0 Å². The lowest BCUT2D eigenvalue weighted by Gasteiger charge is -2.23. The highest BCUT2D eigenvalue weighted by atomic mass is 32.2. The van der Waals surface area contributed by atoms with Crippen molar-refractivity contribution in [2.24, 2.45) is 0 Å². The molecule has 1 aliphatic heterocycles. The molecule has 0 unspecified atom stereocenters. The van der Waals surface area contributed by atoms with Gasteiger partial charge in [-0.15, -0.1) is 0 Å². The summed E-state index contributed by atoms with van der Waals surface area (Å²) in [7, 11) is -1.32. The van der Waals surface area contributed by atoms with E-state index in [-0.39, 0.29) is 29.2 Å². The van der Waals surface area contributed by atoms with Crippen LogP contribution >= 0.6 is 11.8 Å². The number of aromatic nitrogens is 2. The molecule has 1 aromatic carbocycles. The highest BCUT2D eigenvalue weighted by Crippen LogP contribution is 2.24. The molecule has 146 valence electrons. The maximum absolute atomic E-state index is 12.5. The van der Waals surface area contributed by atoms with Crippen molar-refractivity contribution >= 4 is 27.5 Å². The molecule has 1 atom stereocenters. The van der Waals surface area contributed by atoms with Gasteiger partial charge in [-0.25, -0.2) is 13.4 Å². The van der Waals surface area contributed by atoms with Crippen LogP contribution in [0, 0.1) is 0 Å². The second kappa shape index (κ2) is 8.06. The van der Waals surface area contributed by atoms with Gasteiger partial charge >= 0.3 is 0 Å². The smallest absolute Gasteiger partial charge is 0.233 e. The maximum Gasteiger partial charge on any atom is 0.233 e. The van der Waals surface area contributed by atoms with Gasteiger partial charge in [0.05, 0.1) is 17.3 Å². The van der Waals surface area contributed by atoms with Gasteiger partial charge in [-0.2, -0.15) is 0 Å². The van der Waals surface area contributed by atoms with Crippen molar-refractivity contribution in [3.8, 4) is 5.69 Å². The average molecular weight is 408 g/mol. The predicted octanol–water partition coefficient (Wildman–Crippen LogP) is 2.73. The van der Waals surface area contributed by atoms with Gasteiger partial charge in [-0.3, -0.25) is 9.36 Å². The summed E-state index contributed by atoms with van der Waals surface area (Å²) in [5.41, 5.74) is 2.28. The normalized spacial score (nSPS) is 18.7. The fourth-order valence-corrected chi connectivity index (χ4v) is 5.80. The Balaban J connectivity index is 1.64. The van der Waals surface area contributed by atoms with Gasteiger partial charge in [-0.1, -0.05) is 37.7 Å². The molecule has 27 heavy (non-hydrogen) atoms. The van der Waals surface area contributed by atoms with Gasteiger partial charge in [0.25, 0.3) is 0 Å². The molecular weight excluding hydrogens is 382 g/mol. The minimum Gasteiger partial charge on any atom is -0.341 e. The molecule has 0 aliphatic carbocycles. The topological polar surface area (TPSA) is 72.3 Å². The van der Waals surface area contributed by atoms with E-state index in [4.69, 9.17) is 0 Å². The highest BCUT2D eigenvalue weighted by molar-refractivity contribution is 7.99. The molecule has 0 spiro atoms. The minimum absolute atomic E-state index is 0.0662. The lowest BCUT2D eigenvalue weighted by molar-refractivity contribution is -0.128. The zero-order valence-corrected chi connectivity index (χ0v) is 17.5. The predicted molar refractivity (Wildman–Crippen MR) is 108 cm³/mol. The van der Waals surface area contributed by atoms with E-state index in [1.807, 2.05) is 10.8 Å². The zero-order valence-electron chi connectivity index (χ0n) is 15.8. The molecule has 0 bridgehead atoms. The number of amides is 1. The van der Waals surface area contributed by atoms with Crippen LogP contribution in [0.1, 0.15) is 31.7 Å². The third kappa shape index (κ3) is 4.73. The lowest BCUT2D eigenvalue weighted by Crippen LogP contribution is -2.38. The van der Waals surface area contributed by atoms with Crippen LogP contribution in [0.5, 0.6) is 0 Å². The number of carbonyl (C=O) groups excluding carboxylic acids is 1. The van der Waals surface area contributed by atoms with Gasteiger partial charge < -0.3 is 4.90 Å². The van der Waals surface area contributed by atoms with E-state index >= 15 is 0 Å². The fourth-order valence-electron chi connectivity index (χ4n) is 3.13. The zero-order chi connectivity index (χ0) is 19.6. The monoisotopic (exact) mass is 407 g/mol. The first-order chi connectivity index (χ1) is 12.8. The van der Waals surface area contributed by atoms with Gasteiger partial charge in [0, 0.05) is 31.2 Å². The first-order valence-corrected chi connectivity index (χ1v) is 11.8. The van der Waals surface area contributed by atoms with Crippen molar-refractivity contribution in [1.82, 2.24) is 14.5 Å². The third-order valence-electron chi connectivity index (χ3n) is 4.92. The molecule has 3 rings (SSSR count). The Morgan fingerprint density at radius 1 is 1.33 bits per heavy atom. The molecule has 1 fully saturated rings. The Bertz CT molecular complexity index is 905. The molecule has 0 radical (unpaired) electrons. The fraction of sp³-hybridized carbons (Fsp3) is 0.474. The summed E-state index contributed by atoms with van der Waals surface area (Å²) in [5.74, 6) is 0.861. The number of hydrogen-bond acceptors (Lipinski definition) is 5. The number of thioether (sulfide) groups is 1. The van der Waals surface area contributed by atoms with Crippen LogP contribution in [0.15, 0.2) is 41.8 Å². The van der Waals surface area contributed by atoms with Crippen molar-refractivity contribution in [3.05, 3.63) is 42.2 Å². The number of rotatable bonds is 6. The van der Waals surface area contributed by atoms with Crippen molar-refractivity contribution in [2.75, 3.05) is 24.3 Å². The number of nitrogens with zero attached hydrogens (tertiary/aromatic N) is 3. The molecule has 2 aromatic rings. The maximum atomic E-state index is 12.5. The van der Waals surface area contributed by atoms with Gasteiger partial charge in [0.2, 0.25) is 5.91 Å². The van der Waals surface area contributed by atoms with Gasteiger partial charge in [0.15, 0.2) is 15.0 Å². The summed E-state index contributed by atoms with van der Waals surface area (Å²) in [6.07, 6.45) is 4.12. The number of carbonyl (C=O) groups is 1. The molecule has 8 heteroatoms. The van der Waals surface area contributed by atoms with Crippen LogP contribution in [-0.2, 0) is 14.6 Å². The first kappa shape index (κ1) is 19.9. The largest absolute Gasteiger partial charge is 0.341 e. The molecule has 1 aromatic heterocycles. The summed E-state index contributed by atoms with van der Waals surface area (Å²) in [6.45, 7) is 4.32. The Kier molecular flexibility index (Phi) is 5.95. The third-order valence-corrected chi connectivity index (χ3v) is 7.62. The van der Waals surface area contributed by atoms with Crippen LogP contribution in [0.25, 0.3) is 5.69 Å². The quantitative estimate of drug-likeness (QED) is 0.689. The highest BCUT2D eigenvalue weighted by Gasteiger charge is 2.32. The summed E-state index contributed by atoms with van der Waals surface area (Å²) in [4.78, 5) is 18.4. The van der Waals surface area contributed by atoms with Crippen LogP contribution < -0.4 is 0 Å². The molecule has 2 heterocycles. The van der Waals surface area contributed by atoms with E-state index in [0.29, 0.717) is 12.3 Å². The molecule has 6 nitrogen and oxygen atoms in total. The SMILES string of the molecule is CC(C)c1ccc(-n2ccnc2SCC(=O)N(C)[C@H]2CCS(=O)(=O)C2)cc1. The number of benzene rings is 1. The van der Waals surface area contributed by atoms with E-state index in [1.54, 1.807) is 18.1 Å². The lowest BCUT2D eigenvalue weighted by atomic mass is 10.0. The molecule has 1 saturated heterocycles. The first-order valence-electron chi connectivity index (χ1n) is 8.99. The van der Waals surface area contributed by atoms with Crippen LogP contribution in [0.4, 0.5) is 0 Å². The van der Waals surface area contributed by atoms with Gasteiger partial charge in [0.1, 0.15) is 0 Å². The molecule has 0 saturated carbocycles. The number of sulfone groups is 1. The average Bonchev–Trinajstić information content (AvgIpc) is 3.25. The summed E-state index contributed by atoms with van der Waals surface area (Å²) >= 11 is 1.37. The molecule has 0 N–H and O–H groups in total. The summed E-state index contributed by atoms with van der Waals surface area (Å²) in [6, 6.07) is 8.10. The molecule has 1 aliphatic rings. The Hall–Kier alpha value is -1.80. The van der Waals surface area contributed by atoms with E-state index in [2.05, 4.69) is 43.1 Å². The molecular formula is C19H25N3O3S2. The van der Waals surface area contributed by atoms with Gasteiger partial charge in [-0.05, 0) is 30.0 Å². The Morgan fingerprint density at radius 3 is 2.63 bits per heavy atom. The van der Waals surface area contributed by atoms with E-state index in [9.17, 15) is 13.2 Å². The number of imidazole rings is 1. The number of hydrogen-bond donors (Lipinski definition) is 0. The van der Waals surface area contributed by atoms with E-state index in [0.717, 1.165) is 10.8 Å². The van der Waals surface area contributed by atoms with Crippen molar-refractivity contribution in [2.45, 2.75) is 37.4 Å². The molecule has 1 amide bonds. The Labute approximate surface area is 164 Å². The van der Waals surface area contributed by atoms with Crippen molar-refractivity contribution < 1.29 is 13.2 Å².